The first-order valence-electron chi connectivity index (χ1n) is 12.7. The molecule has 2 aromatic carbocycles. The Morgan fingerprint density at radius 2 is 1.76 bits per heavy atom. The van der Waals surface area contributed by atoms with Crippen molar-refractivity contribution in [3.63, 3.8) is 0 Å². The van der Waals surface area contributed by atoms with Crippen LogP contribution in [0.1, 0.15) is 17.3 Å². The Morgan fingerprint density at radius 1 is 1.07 bits per heavy atom. The number of ether oxygens (including phenoxy) is 2. The monoisotopic (exact) mass is 688 g/mol. The first-order chi connectivity index (χ1) is 21.1. The van der Waals surface area contributed by atoms with Gasteiger partial charge in [-0.05, 0) is 37.3 Å². The summed E-state index contributed by atoms with van der Waals surface area (Å²) in [7, 11) is -10.8. The number of rotatable bonds is 11. The quantitative estimate of drug-likeness (QED) is 0.112. The van der Waals surface area contributed by atoms with Crippen LogP contribution in [0.15, 0.2) is 71.8 Å². The first kappa shape index (κ1) is 33.9. The van der Waals surface area contributed by atoms with Crippen molar-refractivity contribution >= 4 is 44.6 Å². The van der Waals surface area contributed by atoms with Gasteiger partial charge in [0.2, 0.25) is 0 Å². The van der Waals surface area contributed by atoms with E-state index in [4.69, 9.17) is 21.1 Å². The molecule has 0 fully saturated rings. The Balaban J connectivity index is 1.58. The second kappa shape index (κ2) is 13.6. The summed E-state index contributed by atoms with van der Waals surface area (Å²) in [4.78, 5) is 77.4. The van der Waals surface area contributed by atoms with Crippen LogP contribution in [0.4, 0.5) is 20.3 Å². The normalized spacial score (nSPS) is 12.7. The Morgan fingerprint density at radius 3 is 2.36 bits per heavy atom. The van der Waals surface area contributed by atoms with Crippen LogP contribution in [-0.4, -0.2) is 52.1 Å². The third kappa shape index (κ3) is 8.00. The van der Waals surface area contributed by atoms with E-state index in [0.29, 0.717) is 0 Å². The molecule has 14 nitrogen and oxygen atoms in total. The van der Waals surface area contributed by atoms with Crippen LogP contribution < -0.4 is 25.7 Å². The fraction of sp³-hybridized carbons (Fsp3) is 0.115. The van der Waals surface area contributed by atoms with E-state index in [1.54, 1.807) is 6.92 Å². The molecule has 0 saturated heterocycles. The molecule has 0 spiro atoms. The minimum atomic E-state index is -5.46. The minimum absolute atomic E-state index is 0.0416. The Bertz CT molecular complexity index is 1830. The van der Waals surface area contributed by atoms with E-state index >= 15 is 4.39 Å². The second-order valence-corrected chi connectivity index (χ2v) is 13.6. The fourth-order valence-corrected chi connectivity index (χ4v) is 6.55. The third-order valence-electron chi connectivity index (χ3n) is 5.93. The van der Waals surface area contributed by atoms with Crippen molar-refractivity contribution in [2.45, 2.75) is 12.4 Å². The molecule has 7 N–H and O–H groups in total. The van der Waals surface area contributed by atoms with Gasteiger partial charge >= 0.3 is 157 Å². The van der Waals surface area contributed by atoms with E-state index in [2.05, 4.69) is 10.3 Å². The van der Waals surface area contributed by atoms with Crippen molar-refractivity contribution in [3.05, 3.63) is 99.6 Å². The van der Waals surface area contributed by atoms with E-state index in [-0.39, 0.29) is 29.5 Å². The molecule has 0 aliphatic rings. The number of benzene rings is 2. The van der Waals surface area contributed by atoms with E-state index in [1.807, 2.05) is 5.32 Å². The molecule has 0 bridgehead atoms. The van der Waals surface area contributed by atoms with Gasteiger partial charge in [0.05, 0.1) is 6.61 Å². The van der Waals surface area contributed by atoms with Crippen LogP contribution in [-0.2, 0) is 4.57 Å². The number of carbonyl (C=O) groups is 1. The molecule has 0 aliphatic carbocycles. The molecule has 4 aromatic rings. The molecular weight excluding hydrogens is 664 g/mol. The molecule has 0 radical (unpaired) electrons. The van der Waals surface area contributed by atoms with Crippen LogP contribution in [0.5, 0.6) is 17.2 Å². The summed E-state index contributed by atoms with van der Waals surface area (Å²) in [5, 5.41) is 3.93. The van der Waals surface area contributed by atoms with Gasteiger partial charge in [0.25, 0.3) is 5.56 Å². The third-order valence-corrected chi connectivity index (χ3v) is 10.0. The van der Waals surface area contributed by atoms with Gasteiger partial charge in [0.1, 0.15) is 17.1 Å². The number of hydrogen-bond acceptors (Lipinski definition) is 10. The molecule has 1 amide bonds. The Hall–Kier alpha value is -3.98. The zero-order valence-corrected chi connectivity index (χ0v) is 25.5. The number of pyridine rings is 2. The van der Waals surface area contributed by atoms with Crippen molar-refractivity contribution in [3.8, 4) is 22.9 Å². The predicted molar refractivity (Wildman–Crippen MR) is 161 cm³/mol. The summed E-state index contributed by atoms with van der Waals surface area (Å²) in [6, 6.07) is 10.7. The molecule has 2 aromatic heterocycles. The number of nitrogens with zero attached hydrogens (tertiary/aromatic N) is 2. The number of carbonyl (C=O) groups excluding carboxylic acids is 1. The molecule has 0 saturated carbocycles. The fourth-order valence-electron chi connectivity index (χ4n) is 3.92. The molecule has 1 unspecified atom stereocenters. The summed E-state index contributed by atoms with van der Waals surface area (Å²) in [6.45, 7) is 1.77. The Labute approximate surface area is 258 Å². The molecule has 0 aliphatic heterocycles. The zero-order valence-electron chi connectivity index (χ0n) is 22.9. The number of nitrogens with one attached hydrogen (secondary N) is 2. The number of anilines is 2. The van der Waals surface area contributed by atoms with Crippen LogP contribution in [0.2, 0.25) is 5.02 Å². The number of aromatic nitrogens is 2. The molecule has 19 heteroatoms. The van der Waals surface area contributed by atoms with Gasteiger partial charge in [-0.1, -0.05) is 0 Å². The van der Waals surface area contributed by atoms with Gasteiger partial charge in [0.15, 0.2) is 0 Å². The summed E-state index contributed by atoms with van der Waals surface area (Å²) in [6.07, 6.45) is 2.40. The maximum atomic E-state index is 15.1. The van der Waals surface area contributed by atoms with Crippen LogP contribution >= 0.6 is 27.1 Å². The van der Waals surface area contributed by atoms with Crippen LogP contribution in [0.3, 0.4) is 0 Å². The van der Waals surface area contributed by atoms with Gasteiger partial charge in [-0.2, -0.15) is 0 Å². The predicted octanol–water partition coefficient (Wildman–Crippen LogP) is 3.95. The van der Waals surface area contributed by atoms with Crippen molar-refractivity contribution in [1.29, 1.82) is 0 Å². The first-order valence-corrected chi connectivity index (χ1v) is 16.6. The second-order valence-electron chi connectivity index (χ2n) is 9.14. The standard InChI is InChI=1S/C26H25ClF2N4O10P2/c1-2-42-19-10-12-33(16-6-3-14(28)4-7-16)25(35)21(19)24(34)31-15-5-8-18(17(29)13-15)43-20-9-11-30-23(22(20)27)32-26(44(36,37)38)45(39,40)41/h3-13,26,36-38,44H,2H2,1H3,(H,30,32)(H,31,34)(H2,39,40,41). The van der Waals surface area contributed by atoms with Gasteiger partial charge in [-0.25, -0.2) is 4.39 Å². The molecule has 2 heterocycles. The van der Waals surface area contributed by atoms with Gasteiger partial charge in [-0.3, -0.25) is 14.2 Å². The summed E-state index contributed by atoms with van der Waals surface area (Å²) in [5.41, 5.74) is -3.53. The van der Waals surface area contributed by atoms with Crippen molar-refractivity contribution in [2.24, 2.45) is 0 Å². The zero-order chi connectivity index (χ0) is 33.1. The molecule has 45 heavy (non-hydrogen) atoms. The van der Waals surface area contributed by atoms with Gasteiger partial charge < -0.3 is 4.74 Å². The maximum absolute atomic E-state index is 15.1. The average molecular weight is 689 g/mol. The molecule has 1 atom stereocenters. The summed E-state index contributed by atoms with van der Waals surface area (Å²) >= 11 is 6.17. The SMILES string of the molecule is CCOc1ccn(-c2ccc(F)cc2)c(=O)c1C(=O)Nc1ccc(Oc2ccnc(NC(P(=O)(O)O)[PH](O)(O)O)c2Cl)c(F)c1. The number of hydrogen-bond donors (Lipinski definition) is 7. The number of halogens is 3. The number of amides is 1. The molecule has 4 rings (SSSR count). The van der Waals surface area contributed by atoms with Gasteiger partial charge in [-0.15, -0.1) is 0 Å². The van der Waals surface area contributed by atoms with Crippen LogP contribution in [0.25, 0.3) is 5.69 Å². The van der Waals surface area contributed by atoms with E-state index in [9.17, 15) is 43.0 Å². The Kier molecular flexibility index (Phi) is 10.2. The van der Waals surface area contributed by atoms with E-state index < -0.39 is 66.3 Å². The molecule has 240 valence electrons. The average Bonchev–Trinajstić information content (AvgIpc) is 2.94. The van der Waals surface area contributed by atoms with Crippen molar-refractivity contribution in [2.75, 3.05) is 17.2 Å². The summed E-state index contributed by atoms with van der Waals surface area (Å²) < 4.78 is 52.1. The van der Waals surface area contributed by atoms with Crippen molar-refractivity contribution < 1.29 is 52.1 Å². The van der Waals surface area contributed by atoms with E-state index in [0.717, 1.165) is 41.1 Å². The van der Waals surface area contributed by atoms with Gasteiger partial charge in [0, 0.05) is 11.9 Å². The molecular formula is C26H25ClF2N4O10P2. The van der Waals surface area contributed by atoms with E-state index in [1.165, 1.54) is 30.5 Å². The van der Waals surface area contributed by atoms with Crippen LogP contribution in [0, 0.1) is 11.6 Å². The van der Waals surface area contributed by atoms with Crippen molar-refractivity contribution in [1.82, 2.24) is 9.55 Å². The topological polar surface area (TPSA) is 213 Å². The summed E-state index contributed by atoms with van der Waals surface area (Å²) in [5.74, 6) is -3.76.